The van der Waals surface area contributed by atoms with Crippen molar-refractivity contribution in [2.45, 2.75) is 25.7 Å². The van der Waals surface area contributed by atoms with Gasteiger partial charge < -0.3 is 10.0 Å². The molecule has 1 aliphatic rings. The highest BCUT2D eigenvalue weighted by Crippen LogP contribution is 2.23. The number of hydrogen-bond donors (Lipinski definition) is 1. The lowest BCUT2D eigenvalue weighted by atomic mass is 9.89. The Morgan fingerprint density at radius 2 is 1.64 bits per heavy atom. The van der Waals surface area contributed by atoms with E-state index in [2.05, 4.69) is 4.90 Å². The predicted molar refractivity (Wildman–Crippen MR) is 102 cm³/mol. The van der Waals surface area contributed by atoms with Crippen molar-refractivity contribution in [2.24, 2.45) is 5.92 Å². The second-order valence-corrected chi connectivity index (χ2v) is 7.18. The third-order valence-corrected chi connectivity index (χ3v) is 5.23. The fraction of sp³-hybridized carbons (Fsp3) is 0.364. The van der Waals surface area contributed by atoms with Crippen molar-refractivity contribution in [1.29, 1.82) is 0 Å². The maximum atomic E-state index is 13.0. The number of carbonyl (C=O) groups excluding carboxylic acids is 2. The van der Waals surface area contributed by atoms with Gasteiger partial charge in [0.15, 0.2) is 11.6 Å². The van der Waals surface area contributed by atoms with Crippen LogP contribution in [0.1, 0.15) is 46.4 Å². The molecule has 1 N–H and O–H groups in total. The van der Waals surface area contributed by atoms with E-state index in [-0.39, 0.29) is 41.0 Å². The first-order chi connectivity index (χ1) is 13.4. The summed E-state index contributed by atoms with van der Waals surface area (Å²) in [5.74, 6) is -1.47. The molecule has 28 heavy (non-hydrogen) atoms. The molecule has 0 aromatic heterocycles. The lowest BCUT2D eigenvalue weighted by Gasteiger charge is -2.31. The van der Waals surface area contributed by atoms with Crippen LogP contribution in [-0.2, 0) is 0 Å². The molecular formula is C22H23F2NO3. The molecule has 0 spiro atoms. The van der Waals surface area contributed by atoms with Gasteiger partial charge in [-0.15, -0.1) is 0 Å². The maximum Gasteiger partial charge on any atom is 0.166 e. The Hall–Kier alpha value is -2.60. The Labute approximate surface area is 162 Å². The number of rotatable bonds is 7. The molecule has 0 radical (unpaired) electrons. The first-order valence-corrected chi connectivity index (χ1v) is 9.48. The van der Waals surface area contributed by atoms with Crippen LogP contribution in [0.3, 0.4) is 0 Å². The van der Waals surface area contributed by atoms with Gasteiger partial charge in [0.25, 0.3) is 0 Å². The average molecular weight is 387 g/mol. The maximum absolute atomic E-state index is 13.0. The number of aromatic hydroxyl groups is 1. The van der Waals surface area contributed by atoms with Gasteiger partial charge in [0.2, 0.25) is 0 Å². The molecule has 0 amide bonds. The number of nitrogens with zero attached hydrogens (tertiary/aromatic N) is 1. The molecule has 0 bridgehead atoms. The van der Waals surface area contributed by atoms with Gasteiger partial charge in [-0.1, -0.05) is 0 Å². The van der Waals surface area contributed by atoms with E-state index in [9.17, 15) is 23.5 Å². The summed E-state index contributed by atoms with van der Waals surface area (Å²) in [5.41, 5.74) is 0.689. The molecule has 0 aliphatic carbocycles. The zero-order chi connectivity index (χ0) is 20.1. The van der Waals surface area contributed by atoms with Gasteiger partial charge in [-0.25, -0.2) is 8.78 Å². The molecule has 2 aromatic rings. The lowest BCUT2D eigenvalue weighted by molar-refractivity contribution is 0.0837. The van der Waals surface area contributed by atoms with Gasteiger partial charge >= 0.3 is 0 Å². The summed E-state index contributed by atoms with van der Waals surface area (Å²) < 4.78 is 26.0. The zero-order valence-corrected chi connectivity index (χ0v) is 15.5. The van der Waals surface area contributed by atoms with E-state index in [0.717, 1.165) is 44.6 Å². The minimum Gasteiger partial charge on any atom is -0.507 e. The topological polar surface area (TPSA) is 57.6 Å². The van der Waals surface area contributed by atoms with E-state index in [0.29, 0.717) is 12.0 Å². The highest BCUT2D eigenvalue weighted by atomic mass is 19.1. The summed E-state index contributed by atoms with van der Waals surface area (Å²) in [4.78, 5) is 26.9. The average Bonchev–Trinajstić information content (AvgIpc) is 2.68. The van der Waals surface area contributed by atoms with Gasteiger partial charge in [-0.2, -0.15) is 0 Å². The minimum atomic E-state index is -0.577. The van der Waals surface area contributed by atoms with Crippen molar-refractivity contribution in [2.75, 3.05) is 19.6 Å². The summed E-state index contributed by atoms with van der Waals surface area (Å²) in [7, 11) is 0. The molecular weight excluding hydrogens is 364 g/mol. The summed E-state index contributed by atoms with van der Waals surface area (Å²) >= 11 is 0. The second kappa shape index (κ2) is 9.06. The van der Waals surface area contributed by atoms with Crippen molar-refractivity contribution >= 4 is 11.6 Å². The molecule has 0 unspecified atom stereocenters. The number of likely N-dealkylation sites (tertiary alicyclic amines) is 1. The molecule has 4 nitrogen and oxygen atoms in total. The van der Waals surface area contributed by atoms with Crippen LogP contribution in [0.4, 0.5) is 8.78 Å². The van der Waals surface area contributed by atoms with Crippen LogP contribution in [0.15, 0.2) is 42.5 Å². The molecule has 0 saturated carbocycles. The SMILES string of the molecule is O=C(CCCN1CCC(C(=O)c2ccc(F)cc2)CC1)c1ccc(F)cc1O. The quantitative estimate of drug-likeness (QED) is 0.723. The van der Waals surface area contributed by atoms with Crippen molar-refractivity contribution in [3.8, 4) is 5.75 Å². The minimum absolute atomic E-state index is 0.0560. The molecule has 1 aliphatic heterocycles. The largest absolute Gasteiger partial charge is 0.507 e. The Kier molecular flexibility index (Phi) is 6.52. The van der Waals surface area contributed by atoms with Crippen molar-refractivity contribution in [3.05, 3.63) is 65.2 Å². The number of hydrogen-bond acceptors (Lipinski definition) is 4. The van der Waals surface area contributed by atoms with Crippen LogP contribution in [0.2, 0.25) is 0 Å². The third-order valence-electron chi connectivity index (χ3n) is 5.23. The van der Waals surface area contributed by atoms with Crippen molar-refractivity contribution < 1.29 is 23.5 Å². The van der Waals surface area contributed by atoms with Crippen LogP contribution < -0.4 is 0 Å². The summed E-state index contributed by atoms with van der Waals surface area (Å²) in [5, 5.41) is 9.68. The van der Waals surface area contributed by atoms with Crippen LogP contribution >= 0.6 is 0 Å². The van der Waals surface area contributed by atoms with Crippen LogP contribution in [0.25, 0.3) is 0 Å². The number of phenols is 1. The number of ketones is 2. The Balaban J connectivity index is 1.42. The Morgan fingerprint density at radius 3 is 2.29 bits per heavy atom. The molecule has 1 heterocycles. The number of Topliss-reactive ketones (excluding diaryl/α,β-unsaturated/α-hetero) is 2. The number of benzene rings is 2. The van der Waals surface area contributed by atoms with Gasteiger partial charge in [-0.05, 0) is 75.3 Å². The molecule has 6 heteroatoms. The van der Waals surface area contributed by atoms with E-state index in [1.165, 1.54) is 30.3 Å². The molecule has 3 rings (SSSR count). The van der Waals surface area contributed by atoms with Gasteiger partial charge in [-0.3, -0.25) is 9.59 Å². The highest BCUT2D eigenvalue weighted by Gasteiger charge is 2.25. The monoisotopic (exact) mass is 387 g/mol. The molecule has 1 fully saturated rings. The normalized spacial score (nSPS) is 15.5. The van der Waals surface area contributed by atoms with E-state index in [1.54, 1.807) is 0 Å². The van der Waals surface area contributed by atoms with Gasteiger partial charge in [0.05, 0.1) is 5.56 Å². The smallest absolute Gasteiger partial charge is 0.166 e. The predicted octanol–water partition coefficient (Wildman–Crippen LogP) is 4.23. The first kappa shape index (κ1) is 20.1. The molecule has 1 saturated heterocycles. The molecule has 148 valence electrons. The van der Waals surface area contributed by atoms with Crippen LogP contribution in [0.5, 0.6) is 5.75 Å². The first-order valence-electron chi connectivity index (χ1n) is 9.48. The van der Waals surface area contributed by atoms with E-state index < -0.39 is 5.82 Å². The number of carbonyl (C=O) groups is 2. The van der Waals surface area contributed by atoms with E-state index in [1.807, 2.05) is 0 Å². The van der Waals surface area contributed by atoms with Gasteiger partial charge in [0, 0.05) is 24.0 Å². The zero-order valence-electron chi connectivity index (χ0n) is 15.5. The number of phenolic OH excluding ortho intramolecular Hbond substituents is 1. The van der Waals surface area contributed by atoms with Gasteiger partial charge in [0.1, 0.15) is 17.4 Å². The van der Waals surface area contributed by atoms with Crippen molar-refractivity contribution in [3.63, 3.8) is 0 Å². The number of piperidine rings is 1. The second-order valence-electron chi connectivity index (χ2n) is 7.18. The summed E-state index contributed by atoms with van der Waals surface area (Å²) in [6.07, 6.45) is 2.38. The van der Waals surface area contributed by atoms with Crippen LogP contribution in [-0.4, -0.2) is 41.2 Å². The van der Waals surface area contributed by atoms with Crippen molar-refractivity contribution in [1.82, 2.24) is 4.90 Å². The third kappa shape index (κ3) is 5.01. The summed E-state index contributed by atoms with van der Waals surface area (Å²) in [6, 6.07) is 9.07. The molecule has 2 aromatic carbocycles. The fourth-order valence-corrected chi connectivity index (χ4v) is 3.61. The lowest BCUT2D eigenvalue weighted by Crippen LogP contribution is -2.37. The summed E-state index contributed by atoms with van der Waals surface area (Å²) in [6.45, 7) is 2.27. The fourth-order valence-electron chi connectivity index (χ4n) is 3.61. The Bertz CT molecular complexity index is 843. The van der Waals surface area contributed by atoms with Crippen LogP contribution in [0, 0.1) is 17.6 Å². The number of halogens is 2. The standard InChI is InChI=1S/C22H23F2NO3/c23-17-5-3-15(4-6-17)22(28)16-9-12-25(13-10-16)11-1-2-20(26)19-8-7-18(24)14-21(19)27/h3-8,14,16,27H,1-2,9-13H2. The van der Waals surface area contributed by atoms with E-state index in [4.69, 9.17) is 0 Å². The Morgan fingerprint density at radius 1 is 1.00 bits per heavy atom. The highest BCUT2D eigenvalue weighted by molar-refractivity contribution is 5.98. The van der Waals surface area contributed by atoms with E-state index >= 15 is 0 Å². The molecule has 0 atom stereocenters.